The van der Waals surface area contributed by atoms with E-state index in [4.69, 9.17) is 0 Å². The number of hydrogen-bond acceptors (Lipinski definition) is 3. The summed E-state index contributed by atoms with van der Waals surface area (Å²) in [5, 5.41) is 10.1. The van der Waals surface area contributed by atoms with Crippen LogP contribution in [0.5, 0.6) is 0 Å². The van der Waals surface area contributed by atoms with Crippen molar-refractivity contribution in [3.63, 3.8) is 0 Å². The van der Waals surface area contributed by atoms with Crippen molar-refractivity contribution in [2.24, 2.45) is 23.2 Å². The third-order valence-electron chi connectivity index (χ3n) is 7.14. The lowest BCUT2D eigenvalue weighted by atomic mass is 9.49. The minimum atomic E-state index is -0.216. The van der Waals surface area contributed by atoms with Crippen LogP contribution in [-0.2, 0) is 9.59 Å². The van der Waals surface area contributed by atoms with E-state index < -0.39 is 0 Å². The predicted molar refractivity (Wildman–Crippen MR) is 111 cm³/mol. The Hall–Kier alpha value is -2.63. The Morgan fingerprint density at radius 2 is 1.79 bits per heavy atom. The number of carbonyl (C=O) groups is 2. The van der Waals surface area contributed by atoms with E-state index in [0.717, 1.165) is 30.6 Å². The van der Waals surface area contributed by atoms with Gasteiger partial charge in [0.05, 0.1) is 12.2 Å². The fourth-order valence-corrected chi connectivity index (χ4v) is 6.30. The van der Waals surface area contributed by atoms with Crippen molar-refractivity contribution in [3.05, 3.63) is 42.2 Å². The molecule has 1 heterocycles. The molecule has 4 bridgehead atoms. The lowest BCUT2D eigenvalue weighted by Gasteiger charge is -2.55. The van der Waals surface area contributed by atoms with Gasteiger partial charge in [-0.1, -0.05) is 6.07 Å². The van der Waals surface area contributed by atoms with Crippen LogP contribution in [0.3, 0.4) is 0 Å². The number of aromatic nitrogens is 2. The molecule has 1 aromatic carbocycles. The van der Waals surface area contributed by atoms with Gasteiger partial charge in [0, 0.05) is 23.0 Å². The molecule has 2 N–H and O–H groups in total. The molecule has 0 saturated heterocycles. The highest BCUT2D eigenvalue weighted by atomic mass is 16.2. The Morgan fingerprint density at radius 3 is 2.41 bits per heavy atom. The van der Waals surface area contributed by atoms with Gasteiger partial charge < -0.3 is 10.6 Å². The minimum absolute atomic E-state index is 0.0195. The van der Waals surface area contributed by atoms with Crippen LogP contribution in [0, 0.1) is 30.1 Å². The predicted octanol–water partition coefficient (Wildman–Crippen LogP) is 3.45. The third kappa shape index (κ3) is 3.45. The summed E-state index contributed by atoms with van der Waals surface area (Å²) in [7, 11) is 0. The van der Waals surface area contributed by atoms with E-state index in [-0.39, 0.29) is 23.8 Å². The van der Waals surface area contributed by atoms with Gasteiger partial charge in [-0.2, -0.15) is 5.10 Å². The zero-order chi connectivity index (χ0) is 20.0. The van der Waals surface area contributed by atoms with Gasteiger partial charge in [0.2, 0.25) is 11.8 Å². The second kappa shape index (κ2) is 7.01. The van der Waals surface area contributed by atoms with E-state index in [9.17, 15) is 9.59 Å². The molecule has 0 unspecified atom stereocenters. The zero-order valence-electron chi connectivity index (χ0n) is 16.9. The smallest absolute Gasteiger partial charge is 0.243 e. The highest BCUT2D eigenvalue weighted by molar-refractivity contribution is 5.95. The molecule has 4 fully saturated rings. The highest BCUT2D eigenvalue weighted by Crippen LogP contribution is 2.60. The molecule has 4 aliphatic rings. The number of anilines is 1. The number of rotatable bonds is 5. The van der Waals surface area contributed by atoms with Gasteiger partial charge in [0.1, 0.15) is 0 Å². The van der Waals surface area contributed by atoms with Gasteiger partial charge in [-0.3, -0.25) is 9.59 Å². The summed E-state index contributed by atoms with van der Waals surface area (Å²) >= 11 is 0. The monoisotopic (exact) mass is 392 g/mol. The minimum Gasteiger partial charge on any atom is -0.347 e. The third-order valence-corrected chi connectivity index (χ3v) is 7.14. The van der Waals surface area contributed by atoms with E-state index >= 15 is 0 Å². The Balaban J connectivity index is 1.20. The SMILES string of the molecule is Cc1ccnn1-c1cccc(NC(=O)CNC(=O)C23CC4CC(CC(C4)C2)C3)c1. The Kier molecular flexibility index (Phi) is 4.45. The van der Waals surface area contributed by atoms with E-state index in [2.05, 4.69) is 15.7 Å². The molecule has 6 rings (SSSR count). The summed E-state index contributed by atoms with van der Waals surface area (Å²) in [5.74, 6) is 2.04. The summed E-state index contributed by atoms with van der Waals surface area (Å²) in [6.07, 6.45) is 8.70. The van der Waals surface area contributed by atoms with Crippen molar-refractivity contribution in [3.8, 4) is 5.69 Å². The van der Waals surface area contributed by atoms with Gasteiger partial charge in [-0.15, -0.1) is 0 Å². The second-order valence-corrected chi connectivity index (χ2v) is 9.36. The molecule has 6 nitrogen and oxygen atoms in total. The number of nitrogens with zero attached hydrogens (tertiary/aromatic N) is 2. The topological polar surface area (TPSA) is 76.0 Å². The van der Waals surface area contributed by atoms with E-state index in [1.807, 2.05) is 41.9 Å². The maximum atomic E-state index is 13.0. The molecular weight excluding hydrogens is 364 g/mol. The fraction of sp³-hybridized carbons (Fsp3) is 0.522. The standard InChI is InChI=1S/C23H28N4O2/c1-15-5-6-25-27(15)20-4-2-3-19(10-20)26-21(28)14-24-22(29)23-11-16-7-17(12-23)9-18(8-16)13-23/h2-6,10,16-18H,7-9,11-14H2,1H3,(H,24,29)(H,26,28). The quantitative estimate of drug-likeness (QED) is 0.818. The summed E-state index contributed by atoms with van der Waals surface area (Å²) in [4.78, 5) is 25.5. The highest BCUT2D eigenvalue weighted by Gasteiger charge is 2.54. The summed E-state index contributed by atoms with van der Waals surface area (Å²) in [6.45, 7) is 2.00. The molecule has 4 saturated carbocycles. The molecule has 1 aromatic heterocycles. The van der Waals surface area contributed by atoms with Gasteiger partial charge >= 0.3 is 0 Å². The maximum absolute atomic E-state index is 13.0. The molecule has 0 atom stereocenters. The molecule has 2 amide bonds. The van der Waals surface area contributed by atoms with Crippen LogP contribution < -0.4 is 10.6 Å². The summed E-state index contributed by atoms with van der Waals surface area (Å²) in [5.41, 5.74) is 2.40. The first kappa shape index (κ1) is 18.4. The Bertz CT molecular complexity index is 913. The molecule has 0 spiro atoms. The van der Waals surface area contributed by atoms with Crippen molar-refractivity contribution in [1.82, 2.24) is 15.1 Å². The van der Waals surface area contributed by atoms with Crippen LogP contribution in [0.15, 0.2) is 36.5 Å². The van der Waals surface area contributed by atoms with Gasteiger partial charge in [0.15, 0.2) is 0 Å². The van der Waals surface area contributed by atoms with E-state index in [1.54, 1.807) is 6.20 Å². The zero-order valence-corrected chi connectivity index (χ0v) is 16.9. The molecule has 0 radical (unpaired) electrons. The van der Waals surface area contributed by atoms with Crippen LogP contribution in [0.1, 0.15) is 44.2 Å². The van der Waals surface area contributed by atoms with Crippen molar-refractivity contribution >= 4 is 17.5 Å². The van der Waals surface area contributed by atoms with Crippen LogP contribution >= 0.6 is 0 Å². The van der Waals surface area contributed by atoms with E-state index in [0.29, 0.717) is 23.4 Å². The average molecular weight is 393 g/mol. The van der Waals surface area contributed by atoms with Crippen LogP contribution in [0.2, 0.25) is 0 Å². The molecule has 2 aromatic rings. The van der Waals surface area contributed by atoms with Crippen molar-refractivity contribution in [1.29, 1.82) is 0 Å². The van der Waals surface area contributed by atoms with Gasteiger partial charge in [0.25, 0.3) is 0 Å². The number of hydrogen-bond donors (Lipinski definition) is 2. The number of nitrogens with one attached hydrogen (secondary N) is 2. The first-order valence-corrected chi connectivity index (χ1v) is 10.7. The summed E-state index contributed by atoms with van der Waals surface area (Å²) < 4.78 is 1.82. The normalized spacial score (nSPS) is 29.6. The first-order chi connectivity index (χ1) is 14.0. The Labute approximate surface area is 171 Å². The van der Waals surface area contributed by atoms with Gasteiger partial charge in [-0.05, 0) is 87.5 Å². The largest absolute Gasteiger partial charge is 0.347 e. The lowest BCUT2D eigenvalue weighted by Crippen LogP contribution is -2.54. The molecule has 0 aliphatic heterocycles. The molecule has 152 valence electrons. The Morgan fingerprint density at radius 1 is 1.10 bits per heavy atom. The number of benzene rings is 1. The van der Waals surface area contributed by atoms with Crippen LogP contribution in [0.25, 0.3) is 5.69 Å². The van der Waals surface area contributed by atoms with Gasteiger partial charge in [-0.25, -0.2) is 4.68 Å². The van der Waals surface area contributed by atoms with E-state index in [1.165, 1.54) is 19.3 Å². The lowest BCUT2D eigenvalue weighted by molar-refractivity contribution is -0.146. The molecule has 4 aliphatic carbocycles. The number of aryl methyl sites for hydroxylation is 1. The molecule has 6 heteroatoms. The fourth-order valence-electron chi connectivity index (χ4n) is 6.30. The molecular formula is C23H28N4O2. The first-order valence-electron chi connectivity index (χ1n) is 10.7. The number of carbonyl (C=O) groups excluding carboxylic acids is 2. The van der Waals surface area contributed by atoms with Crippen molar-refractivity contribution in [2.75, 3.05) is 11.9 Å². The maximum Gasteiger partial charge on any atom is 0.243 e. The second-order valence-electron chi connectivity index (χ2n) is 9.36. The number of amides is 2. The average Bonchev–Trinajstić information content (AvgIpc) is 3.11. The van der Waals surface area contributed by atoms with Crippen LogP contribution in [0.4, 0.5) is 5.69 Å². The summed E-state index contributed by atoms with van der Waals surface area (Å²) in [6, 6.07) is 9.51. The van der Waals surface area contributed by atoms with Crippen LogP contribution in [-0.4, -0.2) is 28.1 Å². The molecule has 29 heavy (non-hydrogen) atoms. The van der Waals surface area contributed by atoms with Crippen molar-refractivity contribution in [2.45, 2.75) is 45.4 Å². The van der Waals surface area contributed by atoms with Crippen molar-refractivity contribution < 1.29 is 9.59 Å².